The van der Waals surface area contributed by atoms with Gasteiger partial charge in [0.1, 0.15) is 5.75 Å². The highest BCUT2D eigenvalue weighted by atomic mass is 32.2. The monoisotopic (exact) mass is 452 g/mol. The molecule has 32 heavy (non-hydrogen) atoms. The van der Waals surface area contributed by atoms with Crippen molar-refractivity contribution in [1.29, 1.82) is 0 Å². The van der Waals surface area contributed by atoms with Crippen LogP contribution >= 0.6 is 0 Å². The van der Waals surface area contributed by atoms with Crippen molar-refractivity contribution in [2.75, 3.05) is 24.2 Å². The molecule has 0 aromatic heterocycles. The van der Waals surface area contributed by atoms with Gasteiger partial charge in [-0.15, -0.1) is 0 Å². The minimum atomic E-state index is -3.46. The van der Waals surface area contributed by atoms with Gasteiger partial charge in [0.25, 0.3) is 5.91 Å². The molecule has 0 aliphatic heterocycles. The predicted octanol–water partition coefficient (Wildman–Crippen LogP) is 3.94. The summed E-state index contributed by atoms with van der Waals surface area (Å²) in [5.74, 6) is 0.637. The molecule has 6 nitrogen and oxygen atoms in total. The van der Waals surface area contributed by atoms with Crippen molar-refractivity contribution in [1.82, 2.24) is 5.32 Å². The van der Waals surface area contributed by atoms with Gasteiger partial charge in [-0.3, -0.25) is 9.10 Å². The number of carbonyl (C=O) groups is 1. The number of aryl methyl sites for hydroxylation is 1. The van der Waals surface area contributed by atoms with Gasteiger partial charge >= 0.3 is 0 Å². The summed E-state index contributed by atoms with van der Waals surface area (Å²) in [6.45, 7) is 2.63. The summed E-state index contributed by atoms with van der Waals surface area (Å²) in [6.07, 6.45) is 1.91. The standard InChI is InChI=1S/C25H28N2O4S/c1-19-5-4-6-23(17-19)27(32(3,29)30)18-21-7-11-22(12-8-21)25(28)26-16-15-20-9-13-24(31-2)14-10-20/h4-14,17H,15-16,18H2,1-3H3,(H,26,28). The molecule has 0 saturated heterocycles. The predicted molar refractivity (Wildman–Crippen MR) is 128 cm³/mol. The Morgan fingerprint density at radius 1 is 0.969 bits per heavy atom. The Kier molecular flexibility index (Phi) is 7.53. The maximum atomic E-state index is 12.4. The van der Waals surface area contributed by atoms with Crippen LogP contribution < -0.4 is 14.4 Å². The minimum Gasteiger partial charge on any atom is -0.497 e. The molecule has 1 amide bonds. The molecule has 0 aliphatic rings. The van der Waals surface area contributed by atoms with Crippen molar-refractivity contribution in [2.45, 2.75) is 19.9 Å². The quantitative estimate of drug-likeness (QED) is 0.534. The number of nitrogens with zero attached hydrogens (tertiary/aromatic N) is 1. The molecule has 0 saturated carbocycles. The summed E-state index contributed by atoms with van der Waals surface area (Å²) >= 11 is 0. The maximum absolute atomic E-state index is 12.4. The third kappa shape index (κ3) is 6.34. The van der Waals surface area contributed by atoms with E-state index >= 15 is 0 Å². The Hall–Kier alpha value is -3.32. The molecule has 0 fully saturated rings. The zero-order valence-corrected chi connectivity index (χ0v) is 19.4. The number of amides is 1. The summed E-state index contributed by atoms with van der Waals surface area (Å²) in [5.41, 5.74) is 4.04. The van der Waals surface area contributed by atoms with Crippen LogP contribution in [0.25, 0.3) is 0 Å². The smallest absolute Gasteiger partial charge is 0.251 e. The number of carbonyl (C=O) groups excluding carboxylic acids is 1. The van der Waals surface area contributed by atoms with Crippen molar-refractivity contribution in [3.63, 3.8) is 0 Å². The number of ether oxygens (including phenoxy) is 1. The van der Waals surface area contributed by atoms with E-state index in [4.69, 9.17) is 4.74 Å². The first-order chi connectivity index (χ1) is 15.3. The van der Waals surface area contributed by atoms with Gasteiger partial charge in [-0.05, 0) is 66.4 Å². The van der Waals surface area contributed by atoms with Crippen LogP contribution in [-0.2, 0) is 23.0 Å². The lowest BCUT2D eigenvalue weighted by atomic mass is 10.1. The molecule has 0 atom stereocenters. The molecule has 0 aliphatic carbocycles. The van der Waals surface area contributed by atoms with E-state index in [1.54, 1.807) is 37.4 Å². The lowest BCUT2D eigenvalue weighted by molar-refractivity contribution is 0.0954. The first-order valence-electron chi connectivity index (χ1n) is 10.3. The third-order valence-corrected chi connectivity index (χ3v) is 6.23. The van der Waals surface area contributed by atoms with Gasteiger partial charge in [0, 0.05) is 12.1 Å². The topological polar surface area (TPSA) is 75.7 Å². The van der Waals surface area contributed by atoms with Gasteiger partial charge < -0.3 is 10.1 Å². The molecular formula is C25H28N2O4S. The molecule has 168 valence electrons. The number of benzene rings is 3. The van der Waals surface area contributed by atoms with Crippen LogP contribution in [0, 0.1) is 6.92 Å². The second kappa shape index (κ2) is 10.3. The Bertz CT molecular complexity index is 1160. The second-order valence-electron chi connectivity index (χ2n) is 7.66. The highest BCUT2D eigenvalue weighted by molar-refractivity contribution is 7.92. The first-order valence-corrected chi connectivity index (χ1v) is 12.2. The summed E-state index contributed by atoms with van der Waals surface area (Å²) in [5, 5.41) is 2.92. The van der Waals surface area contributed by atoms with E-state index in [9.17, 15) is 13.2 Å². The fourth-order valence-corrected chi connectivity index (χ4v) is 4.21. The van der Waals surface area contributed by atoms with Gasteiger partial charge in [0.15, 0.2) is 0 Å². The molecule has 0 heterocycles. The SMILES string of the molecule is COc1ccc(CCNC(=O)c2ccc(CN(c3cccc(C)c3)S(C)(=O)=O)cc2)cc1. The van der Waals surface area contributed by atoms with Gasteiger partial charge in [0.2, 0.25) is 10.0 Å². The average molecular weight is 453 g/mol. The van der Waals surface area contributed by atoms with E-state index in [0.717, 1.165) is 22.4 Å². The van der Waals surface area contributed by atoms with Crippen molar-refractivity contribution in [2.24, 2.45) is 0 Å². The fourth-order valence-electron chi connectivity index (χ4n) is 3.33. The molecule has 3 aromatic rings. The van der Waals surface area contributed by atoms with Crippen LogP contribution in [0.1, 0.15) is 27.0 Å². The summed E-state index contributed by atoms with van der Waals surface area (Å²) < 4.78 is 31.2. The second-order valence-corrected chi connectivity index (χ2v) is 9.57. The van der Waals surface area contributed by atoms with Crippen LogP contribution in [0.2, 0.25) is 0 Å². The average Bonchev–Trinajstić information content (AvgIpc) is 2.77. The summed E-state index contributed by atoms with van der Waals surface area (Å²) in [7, 11) is -1.83. The van der Waals surface area contributed by atoms with E-state index in [2.05, 4.69) is 5.32 Å². The minimum absolute atomic E-state index is 0.163. The highest BCUT2D eigenvalue weighted by Gasteiger charge is 2.18. The van der Waals surface area contributed by atoms with Crippen LogP contribution in [0.3, 0.4) is 0 Å². The largest absolute Gasteiger partial charge is 0.497 e. The number of rotatable bonds is 9. The number of methoxy groups -OCH3 is 1. The van der Waals surface area contributed by atoms with E-state index in [-0.39, 0.29) is 12.5 Å². The molecule has 3 rings (SSSR count). The molecular weight excluding hydrogens is 424 g/mol. The lowest BCUT2D eigenvalue weighted by Gasteiger charge is -2.23. The normalized spacial score (nSPS) is 11.1. The van der Waals surface area contributed by atoms with Crippen molar-refractivity contribution < 1.29 is 17.9 Å². The van der Waals surface area contributed by atoms with Crippen LogP contribution in [-0.4, -0.2) is 34.2 Å². The molecule has 0 unspecified atom stereocenters. The Balaban J connectivity index is 1.61. The summed E-state index contributed by atoms with van der Waals surface area (Å²) in [6, 6.07) is 22.1. The number of anilines is 1. The van der Waals surface area contributed by atoms with E-state index in [1.165, 1.54) is 10.6 Å². The molecule has 7 heteroatoms. The zero-order valence-electron chi connectivity index (χ0n) is 18.5. The lowest BCUT2D eigenvalue weighted by Crippen LogP contribution is -2.29. The number of sulfonamides is 1. The van der Waals surface area contributed by atoms with Gasteiger partial charge in [-0.1, -0.05) is 36.4 Å². The fraction of sp³-hybridized carbons (Fsp3) is 0.240. The van der Waals surface area contributed by atoms with E-state index in [1.807, 2.05) is 49.4 Å². The Morgan fingerprint density at radius 2 is 1.62 bits per heavy atom. The van der Waals surface area contributed by atoms with Crippen molar-refractivity contribution >= 4 is 21.6 Å². The van der Waals surface area contributed by atoms with Gasteiger partial charge in [-0.25, -0.2) is 8.42 Å². The van der Waals surface area contributed by atoms with E-state index < -0.39 is 10.0 Å². The van der Waals surface area contributed by atoms with E-state index in [0.29, 0.717) is 24.2 Å². The van der Waals surface area contributed by atoms with Crippen LogP contribution in [0.15, 0.2) is 72.8 Å². The maximum Gasteiger partial charge on any atom is 0.251 e. The third-order valence-electron chi connectivity index (χ3n) is 5.09. The van der Waals surface area contributed by atoms with Crippen molar-refractivity contribution in [3.05, 3.63) is 95.1 Å². The number of hydrogen-bond donors (Lipinski definition) is 1. The molecule has 3 aromatic carbocycles. The molecule has 1 N–H and O–H groups in total. The van der Waals surface area contributed by atoms with Gasteiger partial charge in [0.05, 0.1) is 25.6 Å². The van der Waals surface area contributed by atoms with Crippen LogP contribution in [0.4, 0.5) is 5.69 Å². The molecule has 0 spiro atoms. The summed E-state index contributed by atoms with van der Waals surface area (Å²) in [4.78, 5) is 12.4. The molecule has 0 bridgehead atoms. The Labute approximate surface area is 189 Å². The number of nitrogens with one attached hydrogen (secondary N) is 1. The Morgan fingerprint density at radius 3 is 2.22 bits per heavy atom. The molecule has 0 radical (unpaired) electrons. The van der Waals surface area contributed by atoms with Crippen LogP contribution in [0.5, 0.6) is 5.75 Å². The first kappa shape index (κ1) is 23.3. The van der Waals surface area contributed by atoms with Crippen molar-refractivity contribution in [3.8, 4) is 5.75 Å². The number of hydrogen-bond acceptors (Lipinski definition) is 4. The van der Waals surface area contributed by atoms with Gasteiger partial charge in [-0.2, -0.15) is 0 Å². The zero-order chi connectivity index (χ0) is 23.1. The highest BCUT2D eigenvalue weighted by Crippen LogP contribution is 2.22.